The highest BCUT2D eigenvalue weighted by atomic mass is 16.5. The summed E-state index contributed by atoms with van der Waals surface area (Å²) in [6.45, 7) is 3.75. The summed E-state index contributed by atoms with van der Waals surface area (Å²) in [4.78, 5) is 15.0. The smallest absolute Gasteiger partial charge is 0.255 e. The van der Waals surface area contributed by atoms with Gasteiger partial charge in [-0.3, -0.25) is 4.79 Å². The average molecular weight is 309 g/mol. The third kappa shape index (κ3) is 2.98. The Morgan fingerprint density at radius 1 is 1.13 bits per heavy atom. The Hall–Kier alpha value is -2.59. The lowest BCUT2D eigenvalue weighted by molar-refractivity contribution is 0.130. The highest BCUT2D eigenvalue weighted by Gasteiger charge is 2.11. The van der Waals surface area contributed by atoms with E-state index in [1.165, 1.54) is 0 Å². The third-order valence-corrected chi connectivity index (χ3v) is 3.90. The SMILES string of the molecule is Cc1ccccc1-c1c[nH]c(=O)c2cc(O[C@H](C)CO)ccc12. The summed E-state index contributed by atoms with van der Waals surface area (Å²) < 4.78 is 5.59. The number of H-pyrrole nitrogens is 1. The number of aromatic nitrogens is 1. The summed E-state index contributed by atoms with van der Waals surface area (Å²) in [5.74, 6) is 0.575. The maximum Gasteiger partial charge on any atom is 0.255 e. The maximum atomic E-state index is 12.2. The molecule has 0 fully saturated rings. The van der Waals surface area contributed by atoms with Crippen LogP contribution in [0.2, 0.25) is 0 Å². The molecule has 23 heavy (non-hydrogen) atoms. The second-order valence-electron chi connectivity index (χ2n) is 5.66. The van der Waals surface area contributed by atoms with Crippen molar-refractivity contribution in [2.45, 2.75) is 20.0 Å². The van der Waals surface area contributed by atoms with Crippen LogP contribution in [0.3, 0.4) is 0 Å². The molecule has 0 aliphatic rings. The molecule has 0 saturated heterocycles. The van der Waals surface area contributed by atoms with Gasteiger partial charge in [0.1, 0.15) is 11.9 Å². The fourth-order valence-corrected chi connectivity index (χ4v) is 2.68. The lowest BCUT2D eigenvalue weighted by Crippen LogP contribution is -2.16. The van der Waals surface area contributed by atoms with Gasteiger partial charge in [-0.05, 0) is 48.6 Å². The van der Waals surface area contributed by atoms with Crippen LogP contribution >= 0.6 is 0 Å². The number of rotatable bonds is 4. The van der Waals surface area contributed by atoms with Gasteiger partial charge in [0.15, 0.2) is 0 Å². The standard InChI is InChI=1S/C19H19NO3/c1-12-5-3-4-6-15(12)18-10-20-19(22)17-9-14(7-8-16(17)18)23-13(2)11-21/h3-10,13,21H,11H2,1-2H3,(H,20,22)/t13-/m1/s1. The van der Waals surface area contributed by atoms with Crippen molar-refractivity contribution in [3.05, 3.63) is 64.6 Å². The summed E-state index contributed by atoms with van der Waals surface area (Å²) in [7, 11) is 0. The normalized spacial score (nSPS) is 12.3. The molecule has 0 amide bonds. The van der Waals surface area contributed by atoms with E-state index >= 15 is 0 Å². The quantitative estimate of drug-likeness (QED) is 0.777. The van der Waals surface area contributed by atoms with Gasteiger partial charge in [0.25, 0.3) is 5.56 Å². The van der Waals surface area contributed by atoms with Gasteiger partial charge >= 0.3 is 0 Å². The number of pyridine rings is 1. The molecule has 1 heterocycles. The number of hydrogen-bond acceptors (Lipinski definition) is 3. The number of hydrogen-bond donors (Lipinski definition) is 2. The van der Waals surface area contributed by atoms with E-state index in [1.807, 2.05) is 43.3 Å². The number of benzene rings is 2. The predicted octanol–water partition coefficient (Wildman–Crippen LogP) is 3.26. The van der Waals surface area contributed by atoms with E-state index in [9.17, 15) is 4.79 Å². The molecule has 1 atom stereocenters. The van der Waals surface area contributed by atoms with Gasteiger partial charge in [-0.25, -0.2) is 0 Å². The average Bonchev–Trinajstić information content (AvgIpc) is 2.56. The fourth-order valence-electron chi connectivity index (χ4n) is 2.68. The first kappa shape index (κ1) is 15.3. The van der Waals surface area contributed by atoms with Crippen LogP contribution in [-0.4, -0.2) is 22.8 Å². The van der Waals surface area contributed by atoms with Crippen molar-refractivity contribution >= 4 is 10.8 Å². The Kier molecular flexibility index (Phi) is 4.17. The highest BCUT2D eigenvalue weighted by molar-refractivity contribution is 5.97. The van der Waals surface area contributed by atoms with Gasteiger partial charge in [-0.2, -0.15) is 0 Å². The number of aliphatic hydroxyl groups excluding tert-OH is 1. The summed E-state index contributed by atoms with van der Waals surface area (Å²) in [5, 5.41) is 10.6. The first-order valence-corrected chi connectivity index (χ1v) is 7.59. The molecule has 0 aliphatic heterocycles. The van der Waals surface area contributed by atoms with Crippen LogP contribution in [-0.2, 0) is 0 Å². The number of aliphatic hydroxyl groups is 1. The second-order valence-corrected chi connectivity index (χ2v) is 5.66. The van der Waals surface area contributed by atoms with E-state index in [2.05, 4.69) is 4.98 Å². The minimum atomic E-state index is -0.314. The number of ether oxygens (including phenoxy) is 1. The lowest BCUT2D eigenvalue weighted by Gasteiger charge is -2.14. The number of fused-ring (bicyclic) bond motifs is 1. The molecule has 3 rings (SSSR count). The molecule has 2 N–H and O–H groups in total. The summed E-state index contributed by atoms with van der Waals surface area (Å²) in [5.41, 5.74) is 3.07. The Morgan fingerprint density at radius 3 is 2.65 bits per heavy atom. The first-order valence-electron chi connectivity index (χ1n) is 7.59. The van der Waals surface area contributed by atoms with Crippen molar-refractivity contribution in [1.29, 1.82) is 0 Å². The number of nitrogens with one attached hydrogen (secondary N) is 1. The fraction of sp³-hybridized carbons (Fsp3) is 0.211. The molecule has 0 saturated carbocycles. The Balaban J connectivity index is 2.17. The van der Waals surface area contributed by atoms with E-state index in [4.69, 9.17) is 9.84 Å². The van der Waals surface area contributed by atoms with Crippen LogP contribution in [0.1, 0.15) is 12.5 Å². The summed E-state index contributed by atoms with van der Waals surface area (Å²) in [6, 6.07) is 13.5. The topological polar surface area (TPSA) is 62.3 Å². The van der Waals surface area contributed by atoms with Gasteiger partial charge in [0.05, 0.1) is 12.0 Å². The minimum absolute atomic E-state index is 0.0718. The second kappa shape index (κ2) is 6.26. The van der Waals surface area contributed by atoms with Gasteiger partial charge in [0, 0.05) is 11.8 Å². The van der Waals surface area contributed by atoms with Crippen molar-refractivity contribution < 1.29 is 9.84 Å². The van der Waals surface area contributed by atoms with Crippen LogP contribution in [0, 0.1) is 6.92 Å². The van der Waals surface area contributed by atoms with Gasteiger partial charge in [-0.1, -0.05) is 24.3 Å². The minimum Gasteiger partial charge on any atom is -0.488 e. The van der Waals surface area contributed by atoms with Gasteiger partial charge in [0.2, 0.25) is 0 Å². The first-order chi connectivity index (χ1) is 11.1. The Labute approximate surface area is 134 Å². The molecular weight excluding hydrogens is 290 g/mol. The molecule has 3 aromatic rings. The molecular formula is C19H19NO3. The number of aryl methyl sites for hydroxylation is 1. The van der Waals surface area contributed by atoms with Crippen molar-refractivity contribution in [3.63, 3.8) is 0 Å². The third-order valence-electron chi connectivity index (χ3n) is 3.90. The monoisotopic (exact) mass is 309 g/mol. The molecule has 0 bridgehead atoms. The Morgan fingerprint density at radius 2 is 1.91 bits per heavy atom. The van der Waals surface area contributed by atoms with Crippen molar-refractivity contribution in [2.24, 2.45) is 0 Å². The van der Waals surface area contributed by atoms with Crippen LogP contribution in [0.25, 0.3) is 21.9 Å². The maximum absolute atomic E-state index is 12.2. The van der Waals surface area contributed by atoms with Crippen LogP contribution in [0.4, 0.5) is 0 Å². The molecule has 4 heteroatoms. The molecule has 0 aliphatic carbocycles. The van der Waals surface area contributed by atoms with Crippen LogP contribution < -0.4 is 10.3 Å². The van der Waals surface area contributed by atoms with Crippen LogP contribution in [0.5, 0.6) is 5.75 Å². The van der Waals surface area contributed by atoms with Crippen LogP contribution in [0.15, 0.2) is 53.5 Å². The van der Waals surface area contributed by atoms with Gasteiger partial charge in [-0.15, -0.1) is 0 Å². The van der Waals surface area contributed by atoms with E-state index in [-0.39, 0.29) is 18.3 Å². The Bertz CT molecular complexity index is 899. The summed E-state index contributed by atoms with van der Waals surface area (Å²) >= 11 is 0. The van der Waals surface area contributed by atoms with Gasteiger partial charge < -0.3 is 14.8 Å². The zero-order valence-corrected chi connectivity index (χ0v) is 13.2. The highest BCUT2D eigenvalue weighted by Crippen LogP contribution is 2.30. The predicted molar refractivity (Wildman–Crippen MR) is 91.9 cm³/mol. The molecule has 118 valence electrons. The molecule has 0 unspecified atom stereocenters. The van der Waals surface area contributed by atoms with E-state index in [1.54, 1.807) is 19.2 Å². The zero-order chi connectivity index (χ0) is 16.4. The van der Waals surface area contributed by atoms with Crippen molar-refractivity contribution in [2.75, 3.05) is 6.61 Å². The lowest BCUT2D eigenvalue weighted by atomic mass is 9.97. The molecule has 2 aromatic carbocycles. The van der Waals surface area contributed by atoms with E-state index in [0.717, 1.165) is 22.1 Å². The van der Waals surface area contributed by atoms with E-state index < -0.39 is 0 Å². The molecule has 1 aromatic heterocycles. The molecule has 0 spiro atoms. The zero-order valence-electron chi connectivity index (χ0n) is 13.2. The molecule has 0 radical (unpaired) electrons. The summed E-state index contributed by atoms with van der Waals surface area (Å²) in [6.07, 6.45) is 1.44. The van der Waals surface area contributed by atoms with Crippen molar-refractivity contribution in [1.82, 2.24) is 4.98 Å². The van der Waals surface area contributed by atoms with Crippen molar-refractivity contribution in [3.8, 4) is 16.9 Å². The largest absolute Gasteiger partial charge is 0.488 e. The molecule has 4 nitrogen and oxygen atoms in total. The number of aromatic amines is 1. The van der Waals surface area contributed by atoms with E-state index in [0.29, 0.717) is 11.1 Å².